The molecule has 0 atom stereocenters. The van der Waals surface area contributed by atoms with Crippen LogP contribution in [0.25, 0.3) is 11.0 Å². The van der Waals surface area contributed by atoms with E-state index in [1.807, 2.05) is 35.2 Å². The van der Waals surface area contributed by atoms with Gasteiger partial charge in [0.05, 0.1) is 0 Å². The number of rotatable bonds is 2. The molecule has 0 aliphatic carbocycles. The first-order chi connectivity index (χ1) is 9.61. The minimum atomic E-state index is -0.0136. The highest BCUT2D eigenvalue weighted by Gasteiger charge is 2.31. The first-order valence-corrected chi connectivity index (χ1v) is 7.09. The summed E-state index contributed by atoms with van der Waals surface area (Å²) >= 11 is 0. The van der Waals surface area contributed by atoms with Gasteiger partial charge in [-0.3, -0.25) is 4.79 Å². The number of benzene rings is 1. The summed E-state index contributed by atoms with van der Waals surface area (Å²) in [5.41, 5.74) is 6.73. The van der Waals surface area contributed by atoms with E-state index < -0.39 is 0 Å². The van der Waals surface area contributed by atoms with Crippen LogP contribution in [0.4, 0.5) is 0 Å². The highest BCUT2D eigenvalue weighted by Crippen LogP contribution is 2.30. The summed E-state index contributed by atoms with van der Waals surface area (Å²) in [4.78, 5) is 14.3. The van der Waals surface area contributed by atoms with Crippen LogP contribution in [0.15, 0.2) is 34.7 Å². The smallest absolute Gasteiger partial charge is 0.289 e. The van der Waals surface area contributed by atoms with Crippen LogP contribution in [-0.4, -0.2) is 30.4 Å². The molecular weight excluding hydrogens is 252 g/mol. The van der Waals surface area contributed by atoms with Gasteiger partial charge >= 0.3 is 0 Å². The number of nitrogens with zero attached hydrogens (tertiary/aromatic N) is 1. The Bertz CT molecular complexity index is 591. The Labute approximate surface area is 118 Å². The molecule has 106 valence electrons. The zero-order chi connectivity index (χ0) is 14.2. The predicted molar refractivity (Wildman–Crippen MR) is 78.5 cm³/mol. The van der Waals surface area contributed by atoms with Crippen molar-refractivity contribution in [2.75, 3.05) is 19.6 Å². The lowest BCUT2D eigenvalue weighted by Gasteiger charge is -2.38. The van der Waals surface area contributed by atoms with Crippen LogP contribution in [0.2, 0.25) is 0 Å². The molecule has 2 aromatic rings. The molecule has 4 heteroatoms. The molecule has 1 aromatic heterocycles. The van der Waals surface area contributed by atoms with E-state index >= 15 is 0 Å². The Morgan fingerprint density at radius 1 is 1.35 bits per heavy atom. The third kappa shape index (κ3) is 2.31. The van der Waals surface area contributed by atoms with Gasteiger partial charge in [-0.1, -0.05) is 25.1 Å². The first kappa shape index (κ1) is 13.2. The Morgan fingerprint density at radius 2 is 2.05 bits per heavy atom. The third-order valence-electron chi connectivity index (χ3n) is 4.39. The van der Waals surface area contributed by atoms with Crippen LogP contribution in [0.1, 0.15) is 30.3 Å². The van der Waals surface area contributed by atoms with Gasteiger partial charge in [0.1, 0.15) is 5.58 Å². The van der Waals surface area contributed by atoms with Gasteiger partial charge in [-0.25, -0.2) is 0 Å². The van der Waals surface area contributed by atoms with E-state index in [-0.39, 0.29) is 11.3 Å². The molecule has 0 saturated carbocycles. The average molecular weight is 272 g/mol. The van der Waals surface area contributed by atoms with E-state index in [2.05, 4.69) is 6.92 Å². The number of fused-ring (bicyclic) bond motifs is 1. The zero-order valence-electron chi connectivity index (χ0n) is 11.8. The maximum atomic E-state index is 12.5. The Kier molecular flexibility index (Phi) is 3.26. The molecule has 3 rings (SSSR count). The summed E-state index contributed by atoms with van der Waals surface area (Å²) in [6.07, 6.45) is 1.91. The highest BCUT2D eigenvalue weighted by atomic mass is 16.3. The van der Waals surface area contributed by atoms with Gasteiger partial charge in [-0.2, -0.15) is 0 Å². The molecule has 0 radical (unpaired) electrons. The normalized spacial score (nSPS) is 18.4. The van der Waals surface area contributed by atoms with Gasteiger partial charge in [-0.05, 0) is 36.9 Å². The van der Waals surface area contributed by atoms with Crippen molar-refractivity contribution in [1.82, 2.24) is 4.90 Å². The van der Waals surface area contributed by atoms with Crippen molar-refractivity contribution in [2.45, 2.75) is 19.8 Å². The molecule has 0 spiro atoms. The van der Waals surface area contributed by atoms with Gasteiger partial charge < -0.3 is 15.1 Å². The molecule has 1 fully saturated rings. The molecule has 0 bridgehead atoms. The Balaban J connectivity index is 1.76. The molecular formula is C16H20N2O2. The van der Waals surface area contributed by atoms with Crippen molar-refractivity contribution >= 4 is 16.9 Å². The van der Waals surface area contributed by atoms with Crippen molar-refractivity contribution in [3.8, 4) is 0 Å². The highest BCUT2D eigenvalue weighted by molar-refractivity contribution is 5.96. The molecule has 2 N–H and O–H groups in total. The lowest BCUT2D eigenvalue weighted by molar-refractivity contribution is 0.0589. The number of piperidine rings is 1. The molecule has 1 aliphatic rings. The lowest BCUT2D eigenvalue weighted by atomic mass is 9.80. The van der Waals surface area contributed by atoms with Crippen LogP contribution >= 0.6 is 0 Å². The lowest BCUT2D eigenvalue weighted by Crippen LogP contribution is -2.44. The second kappa shape index (κ2) is 4.94. The monoisotopic (exact) mass is 272 g/mol. The summed E-state index contributed by atoms with van der Waals surface area (Å²) in [5, 5.41) is 0.972. The number of carbonyl (C=O) groups is 1. The van der Waals surface area contributed by atoms with Crippen LogP contribution in [-0.2, 0) is 0 Å². The molecule has 4 nitrogen and oxygen atoms in total. The number of furan rings is 1. The standard InChI is InChI=1S/C16H20N2O2/c1-16(11-17)6-8-18(9-7-16)15(19)14-10-12-4-2-3-5-13(12)20-14/h2-5,10H,6-9,11,17H2,1H3. The number of hydrogen-bond donors (Lipinski definition) is 1. The van der Waals surface area contributed by atoms with Gasteiger partial charge in [0.25, 0.3) is 5.91 Å². The van der Waals surface area contributed by atoms with Crippen LogP contribution < -0.4 is 5.73 Å². The SMILES string of the molecule is CC1(CN)CCN(C(=O)c2cc3ccccc3o2)CC1. The van der Waals surface area contributed by atoms with Gasteiger partial charge in [0, 0.05) is 18.5 Å². The summed E-state index contributed by atoms with van der Waals surface area (Å²) in [6, 6.07) is 9.52. The molecule has 1 aromatic carbocycles. The molecule has 1 amide bonds. The van der Waals surface area contributed by atoms with Gasteiger partial charge in [-0.15, -0.1) is 0 Å². The summed E-state index contributed by atoms with van der Waals surface area (Å²) in [7, 11) is 0. The van der Waals surface area contributed by atoms with E-state index in [0.29, 0.717) is 12.3 Å². The molecule has 2 heterocycles. The maximum Gasteiger partial charge on any atom is 0.289 e. The minimum absolute atomic E-state index is 0.0136. The summed E-state index contributed by atoms with van der Waals surface area (Å²) in [6.45, 7) is 4.38. The molecule has 1 saturated heterocycles. The zero-order valence-corrected chi connectivity index (χ0v) is 11.8. The number of nitrogens with two attached hydrogens (primary N) is 1. The Hall–Kier alpha value is -1.81. The van der Waals surface area contributed by atoms with E-state index in [0.717, 1.165) is 36.9 Å². The van der Waals surface area contributed by atoms with E-state index in [4.69, 9.17) is 10.2 Å². The molecule has 0 unspecified atom stereocenters. The van der Waals surface area contributed by atoms with Gasteiger partial charge in [0.15, 0.2) is 5.76 Å². The topological polar surface area (TPSA) is 59.5 Å². The number of hydrogen-bond acceptors (Lipinski definition) is 3. The average Bonchev–Trinajstić information content (AvgIpc) is 2.91. The first-order valence-electron chi connectivity index (χ1n) is 7.09. The van der Waals surface area contributed by atoms with Crippen LogP contribution in [0.3, 0.4) is 0 Å². The van der Waals surface area contributed by atoms with E-state index in [1.165, 1.54) is 0 Å². The fourth-order valence-corrected chi connectivity index (χ4v) is 2.70. The van der Waals surface area contributed by atoms with Crippen molar-refractivity contribution < 1.29 is 9.21 Å². The minimum Gasteiger partial charge on any atom is -0.451 e. The van der Waals surface area contributed by atoms with Crippen molar-refractivity contribution in [3.63, 3.8) is 0 Å². The predicted octanol–water partition coefficient (Wildman–Crippen LogP) is 2.63. The Morgan fingerprint density at radius 3 is 2.70 bits per heavy atom. The van der Waals surface area contributed by atoms with Crippen molar-refractivity contribution in [3.05, 3.63) is 36.1 Å². The molecule has 20 heavy (non-hydrogen) atoms. The van der Waals surface area contributed by atoms with Crippen LogP contribution in [0.5, 0.6) is 0 Å². The van der Waals surface area contributed by atoms with Crippen molar-refractivity contribution in [2.24, 2.45) is 11.1 Å². The largest absolute Gasteiger partial charge is 0.451 e. The second-order valence-corrected chi connectivity index (χ2v) is 5.96. The van der Waals surface area contributed by atoms with Crippen LogP contribution in [0, 0.1) is 5.41 Å². The number of amides is 1. The van der Waals surface area contributed by atoms with E-state index in [1.54, 1.807) is 0 Å². The fourth-order valence-electron chi connectivity index (χ4n) is 2.70. The number of likely N-dealkylation sites (tertiary alicyclic amines) is 1. The van der Waals surface area contributed by atoms with Gasteiger partial charge in [0.2, 0.25) is 0 Å². The maximum absolute atomic E-state index is 12.5. The summed E-state index contributed by atoms with van der Waals surface area (Å²) < 4.78 is 5.65. The quantitative estimate of drug-likeness (QED) is 0.914. The fraction of sp³-hybridized carbons (Fsp3) is 0.438. The van der Waals surface area contributed by atoms with Crippen molar-refractivity contribution in [1.29, 1.82) is 0 Å². The molecule has 1 aliphatic heterocycles. The number of para-hydroxylation sites is 1. The van der Waals surface area contributed by atoms with E-state index in [9.17, 15) is 4.79 Å². The number of carbonyl (C=O) groups excluding carboxylic acids is 1. The summed E-state index contributed by atoms with van der Waals surface area (Å²) in [5.74, 6) is 0.419. The second-order valence-electron chi connectivity index (χ2n) is 5.96. The third-order valence-corrected chi connectivity index (χ3v) is 4.39.